The Morgan fingerprint density at radius 3 is 2.75 bits per heavy atom. The number of thiophene rings is 1. The van der Waals surface area contributed by atoms with Crippen LogP contribution in [0.2, 0.25) is 0 Å². The summed E-state index contributed by atoms with van der Waals surface area (Å²) in [6.45, 7) is 0. The number of rotatable bonds is 1. The van der Waals surface area contributed by atoms with Crippen LogP contribution in [-0.4, -0.2) is 4.99 Å². The molecule has 1 aromatic heterocycles. The third-order valence-electron chi connectivity index (χ3n) is 1.67. The standard InChI is InChI=1S/C9H7NS2/c10-9(11)8-5-6-3-1-2-4-7(6)12-8/h1-5H,(H2,10,11). The lowest BCUT2D eigenvalue weighted by Gasteiger charge is -1.85. The maximum atomic E-state index is 5.52. The van der Waals surface area contributed by atoms with Gasteiger partial charge in [-0.25, -0.2) is 0 Å². The van der Waals surface area contributed by atoms with Crippen molar-refractivity contribution in [2.24, 2.45) is 5.73 Å². The van der Waals surface area contributed by atoms with Crippen molar-refractivity contribution in [2.45, 2.75) is 0 Å². The van der Waals surface area contributed by atoms with E-state index in [2.05, 4.69) is 12.1 Å². The van der Waals surface area contributed by atoms with Crippen LogP contribution in [0.4, 0.5) is 0 Å². The molecule has 0 aliphatic rings. The van der Waals surface area contributed by atoms with Crippen molar-refractivity contribution in [1.29, 1.82) is 0 Å². The van der Waals surface area contributed by atoms with Gasteiger partial charge in [0.15, 0.2) is 0 Å². The highest BCUT2D eigenvalue weighted by molar-refractivity contribution is 7.81. The lowest BCUT2D eigenvalue weighted by Crippen LogP contribution is -2.06. The van der Waals surface area contributed by atoms with Crippen molar-refractivity contribution < 1.29 is 0 Å². The first-order chi connectivity index (χ1) is 5.77. The van der Waals surface area contributed by atoms with Gasteiger partial charge in [0.1, 0.15) is 4.99 Å². The number of thiocarbonyl (C=S) groups is 1. The Morgan fingerprint density at radius 1 is 1.33 bits per heavy atom. The molecule has 0 unspecified atom stereocenters. The van der Waals surface area contributed by atoms with Gasteiger partial charge >= 0.3 is 0 Å². The summed E-state index contributed by atoms with van der Waals surface area (Å²) in [4.78, 5) is 1.47. The summed E-state index contributed by atoms with van der Waals surface area (Å²) in [6, 6.07) is 10.2. The fourth-order valence-electron chi connectivity index (χ4n) is 1.10. The van der Waals surface area contributed by atoms with Crippen LogP contribution in [0.1, 0.15) is 4.88 Å². The van der Waals surface area contributed by atoms with Crippen LogP contribution in [0.25, 0.3) is 10.1 Å². The van der Waals surface area contributed by atoms with Crippen molar-refractivity contribution in [3.05, 3.63) is 35.2 Å². The molecule has 1 heterocycles. The minimum absolute atomic E-state index is 0.483. The minimum Gasteiger partial charge on any atom is -0.389 e. The molecule has 3 heteroatoms. The maximum absolute atomic E-state index is 5.52. The molecular formula is C9H7NS2. The summed E-state index contributed by atoms with van der Waals surface area (Å²) in [6.07, 6.45) is 0. The molecule has 0 amide bonds. The molecule has 60 valence electrons. The summed E-state index contributed by atoms with van der Waals surface area (Å²) < 4.78 is 1.24. The molecular weight excluding hydrogens is 186 g/mol. The van der Waals surface area contributed by atoms with E-state index in [0.29, 0.717) is 4.99 Å². The van der Waals surface area contributed by atoms with Gasteiger partial charge in [0, 0.05) is 4.70 Å². The Balaban J connectivity index is 2.70. The summed E-state index contributed by atoms with van der Waals surface area (Å²) >= 11 is 6.53. The van der Waals surface area contributed by atoms with E-state index in [9.17, 15) is 0 Å². The van der Waals surface area contributed by atoms with Crippen molar-refractivity contribution in [1.82, 2.24) is 0 Å². The van der Waals surface area contributed by atoms with Crippen molar-refractivity contribution in [3.63, 3.8) is 0 Å². The highest BCUT2D eigenvalue weighted by Crippen LogP contribution is 2.24. The summed E-state index contributed by atoms with van der Waals surface area (Å²) in [5, 5.41) is 1.21. The Labute approximate surface area is 79.8 Å². The molecule has 0 radical (unpaired) electrons. The molecule has 2 rings (SSSR count). The van der Waals surface area contributed by atoms with Gasteiger partial charge in [-0.1, -0.05) is 30.4 Å². The normalized spacial score (nSPS) is 10.3. The quantitative estimate of drug-likeness (QED) is 0.704. The van der Waals surface area contributed by atoms with Crippen LogP contribution in [0, 0.1) is 0 Å². The van der Waals surface area contributed by atoms with Crippen LogP contribution >= 0.6 is 23.6 Å². The molecule has 0 aliphatic carbocycles. The lowest BCUT2D eigenvalue weighted by atomic mass is 10.2. The zero-order valence-corrected chi connectivity index (χ0v) is 7.91. The zero-order chi connectivity index (χ0) is 8.55. The van der Waals surface area contributed by atoms with E-state index in [1.54, 1.807) is 11.3 Å². The number of hydrogen-bond acceptors (Lipinski definition) is 2. The molecule has 1 aromatic carbocycles. The molecule has 0 saturated heterocycles. The molecule has 0 atom stereocenters. The van der Waals surface area contributed by atoms with Crippen molar-refractivity contribution >= 4 is 38.6 Å². The number of nitrogens with two attached hydrogens (primary N) is 1. The molecule has 1 nitrogen and oxygen atoms in total. The van der Waals surface area contributed by atoms with E-state index in [1.807, 2.05) is 18.2 Å². The summed E-state index contributed by atoms with van der Waals surface area (Å²) in [5.41, 5.74) is 5.52. The highest BCUT2D eigenvalue weighted by Gasteiger charge is 2.01. The summed E-state index contributed by atoms with van der Waals surface area (Å²) in [5.74, 6) is 0. The van der Waals surface area contributed by atoms with E-state index >= 15 is 0 Å². The molecule has 2 aromatic rings. The van der Waals surface area contributed by atoms with Crippen LogP contribution in [0.5, 0.6) is 0 Å². The van der Waals surface area contributed by atoms with Gasteiger partial charge in [0.25, 0.3) is 0 Å². The first-order valence-corrected chi connectivity index (χ1v) is 4.78. The second-order valence-corrected chi connectivity index (χ2v) is 4.04. The lowest BCUT2D eigenvalue weighted by molar-refractivity contribution is 1.79. The third-order valence-corrected chi connectivity index (χ3v) is 3.17. The monoisotopic (exact) mass is 193 g/mol. The van der Waals surface area contributed by atoms with E-state index in [0.717, 1.165) is 4.88 Å². The van der Waals surface area contributed by atoms with Gasteiger partial charge in [0.05, 0.1) is 4.88 Å². The van der Waals surface area contributed by atoms with E-state index in [-0.39, 0.29) is 0 Å². The fraction of sp³-hybridized carbons (Fsp3) is 0. The molecule has 12 heavy (non-hydrogen) atoms. The fourth-order valence-corrected chi connectivity index (χ4v) is 2.20. The molecule has 2 N–H and O–H groups in total. The number of hydrogen-bond donors (Lipinski definition) is 1. The van der Waals surface area contributed by atoms with Crippen molar-refractivity contribution in [2.75, 3.05) is 0 Å². The predicted molar refractivity (Wildman–Crippen MR) is 57.7 cm³/mol. The Morgan fingerprint density at radius 2 is 2.08 bits per heavy atom. The molecule has 0 aliphatic heterocycles. The predicted octanol–water partition coefficient (Wildman–Crippen LogP) is 2.54. The van der Waals surface area contributed by atoms with Gasteiger partial charge in [-0.05, 0) is 17.5 Å². The van der Waals surface area contributed by atoms with Crippen molar-refractivity contribution in [3.8, 4) is 0 Å². The molecule has 0 saturated carbocycles. The van der Waals surface area contributed by atoms with Crippen LogP contribution < -0.4 is 5.73 Å². The van der Waals surface area contributed by atoms with Crippen LogP contribution in [0.15, 0.2) is 30.3 Å². The third kappa shape index (κ3) is 1.21. The summed E-state index contributed by atoms with van der Waals surface area (Å²) in [7, 11) is 0. The topological polar surface area (TPSA) is 26.0 Å². The maximum Gasteiger partial charge on any atom is 0.114 e. The molecule has 0 spiro atoms. The first-order valence-electron chi connectivity index (χ1n) is 3.56. The first kappa shape index (κ1) is 7.71. The second-order valence-electron chi connectivity index (χ2n) is 2.51. The highest BCUT2D eigenvalue weighted by atomic mass is 32.1. The Hall–Kier alpha value is -0.930. The van der Waals surface area contributed by atoms with Crippen LogP contribution in [0.3, 0.4) is 0 Å². The average molecular weight is 193 g/mol. The molecule has 0 fully saturated rings. The van der Waals surface area contributed by atoms with Gasteiger partial charge < -0.3 is 5.73 Å². The minimum atomic E-state index is 0.483. The second kappa shape index (κ2) is 2.84. The number of fused-ring (bicyclic) bond motifs is 1. The Bertz CT molecular complexity index is 398. The molecule has 0 bridgehead atoms. The van der Waals surface area contributed by atoms with Gasteiger partial charge in [-0.2, -0.15) is 0 Å². The van der Waals surface area contributed by atoms with E-state index in [1.165, 1.54) is 10.1 Å². The van der Waals surface area contributed by atoms with Gasteiger partial charge in [-0.3, -0.25) is 0 Å². The number of benzene rings is 1. The van der Waals surface area contributed by atoms with E-state index in [4.69, 9.17) is 18.0 Å². The van der Waals surface area contributed by atoms with E-state index < -0.39 is 0 Å². The smallest absolute Gasteiger partial charge is 0.114 e. The Kier molecular flexibility index (Phi) is 1.83. The average Bonchev–Trinajstić information content (AvgIpc) is 2.46. The SMILES string of the molecule is NC(=S)c1cc2ccccc2s1. The zero-order valence-electron chi connectivity index (χ0n) is 6.28. The van der Waals surface area contributed by atoms with Gasteiger partial charge in [0.2, 0.25) is 0 Å². The van der Waals surface area contributed by atoms with Gasteiger partial charge in [-0.15, -0.1) is 11.3 Å². The van der Waals surface area contributed by atoms with Crippen LogP contribution in [-0.2, 0) is 0 Å². The largest absolute Gasteiger partial charge is 0.389 e.